The van der Waals surface area contributed by atoms with Gasteiger partial charge in [-0.2, -0.15) is 8.78 Å². The van der Waals surface area contributed by atoms with E-state index in [-0.39, 0.29) is 19.1 Å². The molecule has 0 aromatic carbocycles. The molecule has 13 heavy (non-hydrogen) atoms. The molecule has 1 saturated heterocycles. The number of rotatable bonds is 2. The number of alkyl halides is 2. The minimum atomic E-state index is -3.29. The number of aliphatic hydroxyl groups excluding tert-OH is 1. The van der Waals surface area contributed by atoms with Crippen LogP contribution in [-0.4, -0.2) is 41.5 Å². The third kappa shape index (κ3) is 2.37. The first-order chi connectivity index (χ1) is 5.95. The molecule has 3 nitrogen and oxygen atoms in total. The van der Waals surface area contributed by atoms with Crippen LogP contribution in [0.1, 0.15) is 13.3 Å². The SMILES string of the molecule is CC(F)(F)C(=O)N1CCC(CO)C1. The van der Waals surface area contributed by atoms with Crippen molar-refractivity contribution in [2.45, 2.75) is 19.3 Å². The molecule has 0 saturated carbocycles. The number of nitrogens with zero attached hydrogens (tertiary/aromatic N) is 1. The van der Waals surface area contributed by atoms with Crippen molar-refractivity contribution in [1.82, 2.24) is 4.90 Å². The van der Waals surface area contributed by atoms with E-state index in [9.17, 15) is 13.6 Å². The number of hydrogen-bond acceptors (Lipinski definition) is 2. The second kappa shape index (κ2) is 3.57. The van der Waals surface area contributed by atoms with E-state index in [2.05, 4.69) is 0 Å². The Kier molecular flexibility index (Phi) is 2.85. The monoisotopic (exact) mass is 193 g/mol. The summed E-state index contributed by atoms with van der Waals surface area (Å²) in [6, 6.07) is 0. The van der Waals surface area contributed by atoms with Crippen molar-refractivity contribution >= 4 is 5.91 Å². The van der Waals surface area contributed by atoms with Gasteiger partial charge >= 0.3 is 5.92 Å². The third-order valence-electron chi connectivity index (χ3n) is 2.21. The van der Waals surface area contributed by atoms with Gasteiger partial charge in [0.2, 0.25) is 0 Å². The van der Waals surface area contributed by atoms with Crippen LogP contribution in [0.4, 0.5) is 8.78 Å². The van der Waals surface area contributed by atoms with E-state index in [1.807, 2.05) is 0 Å². The number of halogens is 2. The molecule has 0 aromatic heterocycles. The smallest absolute Gasteiger partial charge is 0.322 e. The van der Waals surface area contributed by atoms with E-state index >= 15 is 0 Å². The first kappa shape index (κ1) is 10.4. The van der Waals surface area contributed by atoms with Crippen LogP contribution in [0.25, 0.3) is 0 Å². The van der Waals surface area contributed by atoms with Gasteiger partial charge in [-0.25, -0.2) is 0 Å². The van der Waals surface area contributed by atoms with E-state index in [4.69, 9.17) is 5.11 Å². The molecule has 1 heterocycles. The maximum atomic E-state index is 12.5. The highest BCUT2D eigenvalue weighted by Gasteiger charge is 2.39. The van der Waals surface area contributed by atoms with Crippen LogP contribution in [0.15, 0.2) is 0 Å². The number of aliphatic hydroxyl groups is 1. The summed E-state index contributed by atoms with van der Waals surface area (Å²) in [5.41, 5.74) is 0. The summed E-state index contributed by atoms with van der Waals surface area (Å²) in [4.78, 5) is 12.1. The van der Waals surface area contributed by atoms with Crippen LogP contribution in [0.3, 0.4) is 0 Å². The van der Waals surface area contributed by atoms with Crippen LogP contribution in [0.5, 0.6) is 0 Å². The van der Waals surface area contributed by atoms with Gasteiger partial charge in [-0.15, -0.1) is 0 Å². The third-order valence-corrected chi connectivity index (χ3v) is 2.21. The summed E-state index contributed by atoms with van der Waals surface area (Å²) in [5.74, 6) is -4.46. The average Bonchev–Trinajstić information content (AvgIpc) is 2.48. The van der Waals surface area contributed by atoms with E-state index < -0.39 is 11.8 Å². The molecule has 1 N–H and O–H groups in total. The van der Waals surface area contributed by atoms with Gasteiger partial charge in [-0.3, -0.25) is 4.79 Å². The molecule has 1 aliphatic heterocycles. The molecule has 1 aliphatic rings. The molecule has 0 aliphatic carbocycles. The van der Waals surface area contributed by atoms with Crippen molar-refractivity contribution in [3.8, 4) is 0 Å². The second-order valence-corrected chi connectivity index (χ2v) is 3.48. The molecule has 1 unspecified atom stereocenters. The number of amides is 1. The molecule has 1 fully saturated rings. The van der Waals surface area contributed by atoms with Gasteiger partial charge in [0.05, 0.1) is 0 Å². The van der Waals surface area contributed by atoms with Gasteiger partial charge in [0, 0.05) is 32.5 Å². The van der Waals surface area contributed by atoms with Crippen LogP contribution < -0.4 is 0 Å². The lowest BCUT2D eigenvalue weighted by molar-refractivity contribution is -0.153. The molecule has 0 bridgehead atoms. The summed E-state index contributed by atoms with van der Waals surface area (Å²) < 4.78 is 25.1. The highest BCUT2D eigenvalue weighted by molar-refractivity contribution is 5.83. The van der Waals surface area contributed by atoms with Crippen LogP contribution in [-0.2, 0) is 4.79 Å². The largest absolute Gasteiger partial charge is 0.396 e. The van der Waals surface area contributed by atoms with Crippen molar-refractivity contribution in [3.63, 3.8) is 0 Å². The van der Waals surface area contributed by atoms with E-state index in [1.165, 1.54) is 0 Å². The molecule has 0 aromatic rings. The summed E-state index contributed by atoms with van der Waals surface area (Å²) in [5, 5.41) is 8.74. The lowest BCUT2D eigenvalue weighted by Crippen LogP contribution is -2.40. The Morgan fingerprint density at radius 3 is 2.69 bits per heavy atom. The second-order valence-electron chi connectivity index (χ2n) is 3.48. The van der Waals surface area contributed by atoms with Gasteiger partial charge < -0.3 is 10.0 Å². The lowest BCUT2D eigenvalue weighted by Gasteiger charge is -2.19. The average molecular weight is 193 g/mol. The normalized spacial score (nSPS) is 23.7. The van der Waals surface area contributed by atoms with E-state index in [0.29, 0.717) is 19.9 Å². The molecule has 1 rings (SSSR count). The van der Waals surface area contributed by atoms with Crippen LogP contribution in [0, 0.1) is 5.92 Å². The minimum absolute atomic E-state index is 0.0358. The summed E-state index contributed by atoms with van der Waals surface area (Å²) in [6.45, 7) is 1.13. The highest BCUT2D eigenvalue weighted by Crippen LogP contribution is 2.22. The predicted octanol–water partition coefficient (Wildman–Crippen LogP) is 0.482. The molecule has 0 radical (unpaired) electrons. The Labute approximate surface area is 75.3 Å². The Morgan fingerprint density at radius 1 is 1.69 bits per heavy atom. The van der Waals surface area contributed by atoms with Crippen molar-refractivity contribution < 1.29 is 18.7 Å². The molecular weight excluding hydrogens is 180 g/mol. The zero-order chi connectivity index (χ0) is 10.1. The molecule has 1 amide bonds. The molecular formula is C8H13F2NO2. The maximum absolute atomic E-state index is 12.5. The van der Waals surface area contributed by atoms with Gasteiger partial charge in [0.15, 0.2) is 0 Å². The number of carbonyl (C=O) groups excluding carboxylic acids is 1. The molecule has 1 atom stereocenters. The zero-order valence-corrected chi connectivity index (χ0v) is 7.46. The Bertz CT molecular complexity index is 203. The predicted molar refractivity (Wildman–Crippen MR) is 42.4 cm³/mol. The summed E-state index contributed by atoms with van der Waals surface area (Å²) in [6.07, 6.45) is 0.609. The first-order valence-corrected chi connectivity index (χ1v) is 4.23. The van der Waals surface area contributed by atoms with Gasteiger partial charge in [-0.1, -0.05) is 0 Å². The fourth-order valence-corrected chi connectivity index (χ4v) is 1.44. The molecule has 5 heteroatoms. The van der Waals surface area contributed by atoms with Crippen molar-refractivity contribution in [3.05, 3.63) is 0 Å². The van der Waals surface area contributed by atoms with Crippen LogP contribution >= 0.6 is 0 Å². The summed E-state index contributed by atoms with van der Waals surface area (Å²) in [7, 11) is 0. The zero-order valence-electron chi connectivity index (χ0n) is 7.46. The van der Waals surface area contributed by atoms with E-state index in [1.54, 1.807) is 0 Å². The van der Waals surface area contributed by atoms with Crippen molar-refractivity contribution in [2.24, 2.45) is 5.92 Å². The number of carbonyl (C=O) groups is 1. The Balaban J connectivity index is 2.52. The molecule has 0 spiro atoms. The standard InChI is InChI=1S/C8H13F2NO2/c1-8(9,10)7(13)11-3-2-6(4-11)5-12/h6,12H,2-5H2,1H3. The van der Waals surface area contributed by atoms with Gasteiger partial charge in [0.25, 0.3) is 5.91 Å². The summed E-state index contributed by atoms with van der Waals surface area (Å²) >= 11 is 0. The first-order valence-electron chi connectivity index (χ1n) is 4.23. The topological polar surface area (TPSA) is 40.5 Å². The van der Waals surface area contributed by atoms with Crippen molar-refractivity contribution in [1.29, 1.82) is 0 Å². The van der Waals surface area contributed by atoms with Gasteiger partial charge in [0.1, 0.15) is 0 Å². The maximum Gasteiger partial charge on any atom is 0.322 e. The quantitative estimate of drug-likeness (QED) is 0.693. The highest BCUT2D eigenvalue weighted by atomic mass is 19.3. The van der Waals surface area contributed by atoms with E-state index in [0.717, 1.165) is 4.90 Å². The van der Waals surface area contributed by atoms with Crippen molar-refractivity contribution in [2.75, 3.05) is 19.7 Å². The van der Waals surface area contributed by atoms with Gasteiger partial charge in [-0.05, 0) is 6.42 Å². The fraction of sp³-hybridized carbons (Fsp3) is 0.875. The Hall–Kier alpha value is -0.710. The Morgan fingerprint density at radius 2 is 2.31 bits per heavy atom. The van der Waals surface area contributed by atoms with Crippen LogP contribution in [0.2, 0.25) is 0 Å². The number of hydrogen-bond donors (Lipinski definition) is 1. The number of likely N-dealkylation sites (tertiary alicyclic amines) is 1. The minimum Gasteiger partial charge on any atom is -0.396 e. The fourth-order valence-electron chi connectivity index (χ4n) is 1.44. The molecule has 76 valence electrons. The lowest BCUT2D eigenvalue weighted by atomic mass is 10.1.